The molecule has 1 aromatic rings. The van der Waals surface area contributed by atoms with Crippen molar-refractivity contribution in [3.05, 3.63) is 29.8 Å². The standard InChI is InChI=1S/C23H29F3N4O3S/c1-2-3-11-30(15-23(24,25)26)21(33)16-7-9-17(10-8-16)27-19(31)14-18-20(32)28-22(34-18)29-12-5-4-6-13-29/h7-10,18H,2-6,11-15H2,1H3,(H,27,31). The van der Waals surface area contributed by atoms with Gasteiger partial charge in [0, 0.05) is 37.3 Å². The highest BCUT2D eigenvalue weighted by Crippen LogP contribution is 2.29. The summed E-state index contributed by atoms with van der Waals surface area (Å²) in [7, 11) is 0. The van der Waals surface area contributed by atoms with Crippen LogP contribution in [0.3, 0.4) is 0 Å². The molecule has 1 aromatic carbocycles. The maximum atomic E-state index is 12.9. The third kappa shape index (κ3) is 7.48. The van der Waals surface area contributed by atoms with Gasteiger partial charge in [-0.05, 0) is 49.9 Å². The first-order valence-electron chi connectivity index (χ1n) is 11.5. The molecule has 3 amide bonds. The number of hydrogen-bond acceptors (Lipinski definition) is 5. The molecule has 2 heterocycles. The molecule has 0 aliphatic carbocycles. The maximum Gasteiger partial charge on any atom is 0.406 e. The fraction of sp³-hybridized carbons (Fsp3) is 0.565. The molecule has 1 atom stereocenters. The van der Waals surface area contributed by atoms with Crippen molar-refractivity contribution in [2.75, 3.05) is 31.5 Å². The summed E-state index contributed by atoms with van der Waals surface area (Å²) in [5, 5.41) is 2.78. The normalized spacial score (nSPS) is 18.6. The van der Waals surface area contributed by atoms with E-state index >= 15 is 0 Å². The van der Waals surface area contributed by atoms with E-state index in [0.29, 0.717) is 23.7 Å². The topological polar surface area (TPSA) is 82.1 Å². The van der Waals surface area contributed by atoms with Crippen LogP contribution in [-0.4, -0.2) is 70.3 Å². The molecule has 1 fully saturated rings. The van der Waals surface area contributed by atoms with Crippen molar-refractivity contribution < 1.29 is 27.6 Å². The fourth-order valence-corrected chi connectivity index (χ4v) is 4.92. The number of amidine groups is 1. The van der Waals surface area contributed by atoms with Gasteiger partial charge in [0.15, 0.2) is 5.17 Å². The van der Waals surface area contributed by atoms with Gasteiger partial charge in [0.2, 0.25) is 5.91 Å². The Morgan fingerprint density at radius 2 is 1.85 bits per heavy atom. The summed E-state index contributed by atoms with van der Waals surface area (Å²) in [5.41, 5.74) is 0.504. The Bertz CT molecular complexity index is 915. The molecule has 11 heteroatoms. The van der Waals surface area contributed by atoms with Crippen molar-refractivity contribution in [1.82, 2.24) is 9.80 Å². The van der Waals surface area contributed by atoms with E-state index < -0.39 is 23.9 Å². The molecule has 1 saturated heterocycles. The van der Waals surface area contributed by atoms with Gasteiger partial charge >= 0.3 is 6.18 Å². The summed E-state index contributed by atoms with van der Waals surface area (Å²) < 4.78 is 38.6. The van der Waals surface area contributed by atoms with Crippen LogP contribution in [0.25, 0.3) is 0 Å². The fourth-order valence-electron chi connectivity index (χ4n) is 3.81. The van der Waals surface area contributed by atoms with E-state index in [0.717, 1.165) is 37.3 Å². The molecule has 0 aromatic heterocycles. The first-order valence-corrected chi connectivity index (χ1v) is 12.3. The zero-order valence-electron chi connectivity index (χ0n) is 19.1. The number of nitrogens with one attached hydrogen (secondary N) is 1. The van der Waals surface area contributed by atoms with Crippen LogP contribution in [0.2, 0.25) is 0 Å². The number of carbonyl (C=O) groups excluding carboxylic acids is 3. The van der Waals surface area contributed by atoms with Gasteiger partial charge in [0.1, 0.15) is 11.8 Å². The van der Waals surface area contributed by atoms with Gasteiger partial charge in [0.05, 0.1) is 0 Å². The largest absolute Gasteiger partial charge is 0.406 e. The summed E-state index contributed by atoms with van der Waals surface area (Å²) in [6, 6.07) is 5.71. The summed E-state index contributed by atoms with van der Waals surface area (Å²) in [6.07, 6.45) is -0.103. The van der Waals surface area contributed by atoms with Crippen LogP contribution in [-0.2, 0) is 9.59 Å². The van der Waals surface area contributed by atoms with Crippen molar-refractivity contribution in [1.29, 1.82) is 0 Å². The highest BCUT2D eigenvalue weighted by atomic mass is 32.2. The number of nitrogens with zero attached hydrogens (tertiary/aromatic N) is 3. The van der Waals surface area contributed by atoms with Gasteiger partial charge in [-0.25, -0.2) is 0 Å². The number of amides is 3. The molecule has 3 rings (SSSR count). The Morgan fingerprint density at radius 3 is 2.47 bits per heavy atom. The Kier molecular flexibility index (Phi) is 8.98. The number of anilines is 1. The number of piperidine rings is 1. The van der Waals surface area contributed by atoms with E-state index in [9.17, 15) is 27.6 Å². The quantitative estimate of drug-likeness (QED) is 0.578. The molecule has 1 N–H and O–H groups in total. The van der Waals surface area contributed by atoms with Crippen molar-refractivity contribution in [2.24, 2.45) is 4.99 Å². The second-order valence-electron chi connectivity index (χ2n) is 8.41. The molecule has 0 spiro atoms. The number of benzene rings is 1. The number of rotatable bonds is 8. The Hall–Kier alpha value is -2.56. The van der Waals surface area contributed by atoms with Crippen LogP contribution in [0.15, 0.2) is 29.3 Å². The van der Waals surface area contributed by atoms with Crippen molar-refractivity contribution >= 4 is 40.3 Å². The predicted molar refractivity (Wildman–Crippen MR) is 126 cm³/mol. The summed E-state index contributed by atoms with van der Waals surface area (Å²) in [6.45, 7) is 2.27. The van der Waals surface area contributed by atoms with Crippen LogP contribution >= 0.6 is 11.8 Å². The third-order valence-corrected chi connectivity index (χ3v) is 6.79. The van der Waals surface area contributed by atoms with Crippen LogP contribution in [0.4, 0.5) is 18.9 Å². The molecule has 7 nitrogen and oxygen atoms in total. The molecule has 186 valence electrons. The molecular weight excluding hydrogens is 469 g/mol. The zero-order valence-corrected chi connectivity index (χ0v) is 19.9. The Balaban J connectivity index is 1.54. The van der Waals surface area contributed by atoms with Gasteiger partial charge in [-0.3, -0.25) is 14.4 Å². The highest BCUT2D eigenvalue weighted by molar-refractivity contribution is 8.15. The lowest BCUT2D eigenvalue weighted by Gasteiger charge is -2.27. The van der Waals surface area contributed by atoms with Crippen LogP contribution in [0, 0.1) is 0 Å². The van der Waals surface area contributed by atoms with Crippen molar-refractivity contribution in [3.63, 3.8) is 0 Å². The molecule has 0 bridgehead atoms. The predicted octanol–water partition coefficient (Wildman–Crippen LogP) is 4.30. The van der Waals surface area contributed by atoms with Gasteiger partial charge in [-0.2, -0.15) is 18.2 Å². The summed E-state index contributed by atoms with van der Waals surface area (Å²) in [5.74, 6) is -1.40. The minimum Gasteiger partial charge on any atom is -0.351 e. The van der Waals surface area contributed by atoms with E-state index in [1.165, 1.54) is 36.0 Å². The van der Waals surface area contributed by atoms with Crippen LogP contribution in [0.1, 0.15) is 55.8 Å². The lowest BCUT2D eigenvalue weighted by molar-refractivity contribution is -0.140. The average molecular weight is 499 g/mol. The summed E-state index contributed by atoms with van der Waals surface area (Å²) >= 11 is 1.31. The second-order valence-corrected chi connectivity index (χ2v) is 9.58. The molecular formula is C23H29F3N4O3S. The minimum atomic E-state index is -4.48. The first-order chi connectivity index (χ1) is 16.2. The van der Waals surface area contributed by atoms with Gasteiger partial charge in [0.25, 0.3) is 11.8 Å². The van der Waals surface area contributed by atoms with Crippen LogP contribution < -0.4 is 5.32 Å². The molecule has 2 aliphatic rings. The van der Waals surface area contributed by atoms with E-state index in [1.54, 1.807) is 0 Å². The minimum absolute atomic E-state index is 0.0158. The van der Waals surface area contributed by atoms with Gasteiger partial charge in [-0.15, -0.1) is 0 Å². The molecule has 34 heavy (non-hydrogen) atoms. The van der Waals surface area contributed by atoms with Gasteiger partial charge < -0.3 is 15.1 Å². The van der Waals surface area contributed by atoms with E-state index in [1.807, 2.05) is 6.92 Å². The maximum absolute atomic E-state index is 12.9. The second kappa shape index (κ2) is 11.7. The van der Waals surface area contributed by atoms with E-state index in [4.69, 9.17) is 0 Å². The summed E-state index contributed by atoms with van der Waals surface area (Å²) in [4.78, 5) is 44.3. The SMILES string of the molecule is CCCCN(CC(F)(F)F)C(=O)c1ccc(NC(=O)CC2SC(N3CCCCC3)=NC2=O)cc1. The van der Waals surface area contributed by atoms with Gasteiger partial charge in [-0.1, -0.05) is 25.1 Å². The molecule has 1 unspecified atom stereocenters. The highest BCUT2D eigenvalue weighted by Gasteiger charge is 2.34. The molecule has 2 aliphatic heterocycles. The number of unbranched alkanes of at least 4 members (excludes halogenated alkanes) is 1. The smallest absolute Gasteiger partial charge is 0.351 e. The average Bonchev–Trinajstić information content (AvgIpc) is 3.16. The molecule has 0 saturated carbocycles. The van der Waals surface area contributed by atoms with E-state index in [2.05, 4.69) is 15.2 Å². The lowest BCUT2D eigenvalue weighted by atomic mass is 10.1. The number of hydrogen-bond donors (Lipinski definition) is 1. The lowest BCUT2D eigenvalue weighted by Crippen LogP contribution is -2.39. The number of alkyl halides is 3. The molecule has 0 radical (unpaired) electrons. The third-order valence-electron chi connectivity index (χ3n) is 5.58. The van der Waals surface area contributed by atoms with Crippen molar-refractivity contribution in [2.45, 2.75) is 56.9 Å². The van der Waals surface area contributed by atoms with Crippen LogP contribution in [0.5, 0.6) is 0 Å². The zero-order chi connectivity index (χ0) is 24.7. The Morgan fingerprint density at radius 1 is 1.18 bits per heavy atom. The Labute approximate surface area is 201 Å². The number of carbonyl (C=O) groups is 3. The number of thioether (sulfide) groups is 1. The van der Waals surface area contributed by atoms with E-state index in [-0.39, 0.29) is 30.3 Å². The number of aliphatic imine (C=N–C) groups is 1. The number of halogens is 3. The first kappa shape index (κ1) is 26.1. The number of likely N-dealkylation sites (tertiary alicyclic amines) is 1. The monoisotopic (exact) mass is 498 g/mol. The van der Waals surface area contributed by atoms with Crippen molar-refractivity contribution in [3.8, 4) is 0 Å².